The van der Waals surface area contributed by atoms with E-state index in [4.69, 9.17) is 9.47 Å². The van der Waals surface area contributed by atoms with Crippen LogP contribution < -0.4 is 10.9 Å². The summed E-state index contributed by atoms with van der Waals surface area (Å²) in [5.41, 5.74) is 4.60. The number of methoxy groups -OCH3 is 1. The monoisotopic (exact) mass is 399 g/mol. The Kier molecular flexibility index (Phi) is 6.04. The predicted octanol–water partition coefficient (Wildman–Crippen LogP) is 4.04. The molecule has 0 unspecified atom stereocenters. The third kappa shape index (κ3) is 4.43. The van der Waals surface area contributed by atoms with Gasteiger partial charge in [0.05, 0.1) is 35.2 Å². The minimum Gasteiger partial charge on any atom is -0.382 e. The largest absolute Gasteiger partial charge is 0.382 e. The van der Waals surface area contributed by atoms with Crippen molar-refractivity contribution >= 4 is 27.9 Å². The number of aromatic amines is 1. The summed E-state index contributed by atoms with van der Waals surface area (Å²) in [7, 11) is 1.69. The molecule has 7 heteroatoms. The van der Waals surface area contributed by atoms with E-state index in [0.29, 0.717) is 25.4 Å². The minimum atomic E-state index is -0.0860. The summed E-state index contributed by atoms with van der Waals surface area (Å²) in [5, 5.41) is 4.64. The third-order valence-electron chi connectivity index (χ3n) is 5.23. The number of aromatic nitrogens is 2. The summed E-state index contributed by atoms with van der Waals surface area (Å²) >= 11 is 1.61. The van der Waals surface area contributed by atoms with Crippen molar-refractivity contribution in [2.24, 2.45) is 0 Å². The molecule has 1 saturated carbocycles. The lowest BCUT2D eigenvalue weighted by molar-refractivity contribution is -0.00154. The lowest BCUT2D eigenvalue weighted by Crippen LogP contribution is -2.30. The third-order valence-corrected chi connectivity index (χ3v) is 6.06. The van der Waals surface area contributed by atoms with Crippen molar-refractivity contribution in [2.45, 2.75) is 37.8 Å². The first-order valence-electron chi connectivity index (χ1n) is 9.66. The Hall–Kier alpha value is -2.22. The van der Waals surface area contributed by atoms with Crippen LogP contribution in [0.25, 0.3) is 21.3 Å². The number of rotatable bonds is 7. The Bertz CT molecular complexity index is 963. The van der Waals surface area contributed by atoms with Crippen LogP contribution in [0.4, 0.5) is 5.69 Å². The Morgan fingerprint density at radius 1 is 1.21 bits per heavy atom. The van der Waals surface area contributed by atoms with Crippen molar-refractivity contribution in [2.75, 3.05) is 25.6 Å². The summed E-state index contributed by atoms with van der Waals surface area (Å²) in [6, 6.07) is 8.13. The van der Waals surface area contributed by atoms with Crippen LogP contribution in [0.15, 0.2) is 40.8 Å². The van der Waals surface area contributed by atoms with Gasteiger partial charge < -0.3 is 19.8 Å². The lowest BCUT2D eigenvalue weighted by atomic mass is 9.92. The molecule has 0 radical (unpaired) electrons. The second kappa shape index (κ2) is 8.86. The van der Waals surface area contributed by atoms with E-state index < -0.39 is 0 Å². The van der Waals surface area contributed by atoms with Gasteiger partial charge in [0.1, 0.15) is 0 Å². The highest BCUT2D eigenvalue weighted by Crippen LogP contribution is 2.31. The first-order valence-corrected chi connectivity index (χ1v) is 10.5. The van der Waals surface area contributed by atoms with Gasteiger partial charge in [-0.3, -0.25) is 9.78 Å². The highest BCUT2D eigenvalue weighted by molar-refractivity contribution is 7.13. The van der Waals surface area contributed by atoms with Crippen LogP contribution in [0.2, 0.25) is 0 Å². The smallest absolute Gasteiger partial charge is 0.250 e. The summed E-state index contributed by atoms with van der Waals surface area (Å²) in [5.74, 6) is 0. The molecule has 0 spiro atoms. The highest BCUT2D eigenvalue weighted by Gasteiger charge is 2.22. The van der Waals surface area contributed by atoms with E-state index in [1.165, 1.54) is 0 Å². The highest BCUT2D eigenvalue weighted by atomic mass is 32.1. The van der Waals surface area contributed by atoms with Crippen LogP contribution in [0.1, 0.15) is 25.7 Å². The molecule has 0 amide bonds. The average molecular weight is 400 g/mol. The minimum absolute atomic E-state index is 0.0860. The molecular formula is C21H25N3O3S. The Morgan fingerprint density at radius 2 is 2.07 bits per heavy atom. The van der Waals surface area contributed by atoms with Crippen molar-refractivity contribution in [3.8, 4) is 10.4 Å². The number of nitrogens with zero attached hydrogens (tertiary/aromatic N) is 1. The molecule has 0 aliphatic heterocycles. The number of nitrogens with one attached hydrogen (secondary N) is 2. The van der Waals surface area contributed by atoms with Crippen LogP contribution >= 0.6 is 11.3 Å². The van der Waals surface area contributed by atoms with E-state index in [1.807, 2.05) is 23.8 Å². The van der Waals surface area contributed by atoms with Gasteiger partial charge in [-0.1, -0.05) is 6.07 Å². The van der Waals surface area contributed by atoms with Gasteiger partial charge in [-0.15, -0.1) is 11.3 Å². The van der Waals surface area contributed by atoms with Crippen molar-refractivity contribution in [1.29, 1.82) is 0 Å². The molecule has 28 heavy (non-hydrogen) atoms. The van der Waals surface area contributed by atoms with E-state index in [1.54, 1.807) is 24.5 Å². The zero-order chi connectivity index (χ0) is 19.3. The molecular weight excluding hydrogens is 374 g/mol. The van der Waals surface area contributed by atoms with Crippen LogP contribution in [0.5, 0.6) is 0 Å². The van der Waals surface area contributed by atoms with Gasteiger partial charge in [0, 0.05) is 36.5 Å². The molecule has 2 N–H and O–H groups in total. The summed E-state index contributed by atoms with van der Waals surface area (Å²) in [6.45, 7) is 1.29. The number of anilines is 1. The maximum atomic E-state index is 12.1. The Labute approximate surface area is 167 Å². The van der Waals surface area contributed by atoms with E-state index >= 15 is 0 Å². The Morgan fingerprint density at radius 3 is 2.82 bits per heavy atom. The predicted molar refractivity (Wildman–Crippen MR) is 113 cm³/mol. The van der Waals surface area contributed by atoms with E-state index in [-0.39, 0.29) is 5.56 Å². The molecule has 0 bridgehead atoms. The van der Waals surface area contributed by atoms with E-state index in [9.17, 15) is 4.79 Å². The molecule has 1 aromatic carbocycles. The van der Waals surface area contributed by atoms with Gasteiger partial charge in [0.15, 0.2) is 0 Å². The number of hydrogen-bond acceptors (Lipinski definition) is 6. The molecule has 1 aliphatic rings. The van der Waals surface area contributed by atoms with Gasteiger partial charge >= 0.3 is 0 Å². The molecule has 0 saturated heterocycles. The SMILES string of the molecule is COCCOC1CCC(Nc2cc(=O)[nH]c3ccc(-c4cncs4)cc23)CC1. The van der Waals surface area contributed by atoms with Crippen LogP contribution in [-0.4, -0.2) is 42.4 Å². The number of thiazole rings is 1. The molecule has 0 atom stereocenters. The van der Waals surface area contributed by atoms with Crippen molar-refractivity contribution in [3.63, 3.8) is 0 Å². The number of hydrogen-bond donors (Lipinski definition) is 2. The van der Waals surface area contributed by atoms with Crippen LogP contribution in [0, 0.1) is 0 Å². The molecule has 3 aromatic rings. The molecule has 1 aliphatic carbocycles. The van der Waals surface area contributed by atoms with Crippen LogP contribution in [0.3, 0.4) is 0 Å². The molecule has 6 nitrogen and oxygen atoms in total. The quantitative estimate of drug-likeness (QED) is 0.587. The fraction of sp³-hybridized carbons (Fsp3) is 0.429. The molecule has 2 heterocycles. The van der Waals surface area contributed by atoms with Crippen molar-refractivity contribution in [3.05, 3.63) is 46.3 Å². The summed E-state index contributed by atoms with van der Waals surface area (Å²) in [6.07, 6.45) is 6.28. The van der Waals surface area contributed by atoms with Gasteiger partial charge in [0.2, 0.25) is 5.56 Å². The first-order chi connectivity index (χ1) is 13.7. The summed E-state index contributed by atoms with van der Waals surface area (Å²) in [4.78, 5) is 20.3. The number of benzene rings is 1. The zero-order valence-corrected chi connectivity index (χ0v) is 16.8. The number of ether oxygens (including phenoxy) is 2. The first kappa shape index (κ1) is 19.1. The normalized spacial score (nSPS) is 19.8. The van der Waals surface area contributed by atoms with Gasteiger partial charge in [-0.05, 0) is 43.4 Å². The fourth-order valence-corrected chi connectivity index (χ4v) is 4.40. The van der Waals surface area contributed by atoms with Gasteiger partial charge in [-0.2, -0.15) is 0 Å². The number of H-pyrrole nitrogens is 1. The number of fused-ring (bicyclic) bond motifs is 1. The zero-order valence-electron chi connectivity index (χ0n) is 15.9. The van der Waals surface area contributed by atoms with Gasteiger partial charge in [-0.25, -0.2) is 0 Å². The molecule has 148 valence electrons. The lowest BCUT2D eigenvalue weighted by Gasteiger charge is -2.30. The average Bonchev–Trinajstić information content (AvgIpc) is 3.24. The second-order valence-corrected chi connectivity index (χ2v) is 8.04. The van der Waals surface area contributed by atoms with E-state index in [2.05, 4.69) is 21.4 Å². The van der Waals surface area contributed by atoms with Crippen molar-refractivity contribution < 1.29 is 9.47 Å². The van der Waals surface area contributed by atoms with Crippen molar-refractivity contribution in [1.82, 2.24) is 9.97 Å². The van der Waals surface area contributed by atoms with Gasteiger partial charge in [0.25, 0.3) is 0 Å². The fourth-order valence-electron chi connectivity index (χ4n) is 3.78. The molecule has 2 aromatic heterocycles. The molecule has 4 rings (SSSR count). The number of pyridine rings is 1. The standard InChI is InChI=1S/C21H25N3O3S/c1-26-8-9-27-16-5-3-15(4-6-16)23-19-11-21(25)24-18-7-2-14(10-17(18)19)20-12-22-13-28-20/h2,7,10-13,15-16H,3-6,8-9H2,1H3,(H2,23,24,25). The topological polar surface area (TPSA) is 76.2 Å². The molecule has 1 fully saturated rings. The Balaban J connectivity index is 1.50. The second-order valence-electron chi connectivity index (χ2n) is 7.15. The van der Waals surface area contributed by atoms with E-state index in [0.717, 1.165) is 52.7 Å². The maximum Gasteiger partial charge on any atom is 0.250 e. The summed E-state index contributed by atoms with van der Waals surface area (Å²) < 4.78 is 10.9. The maximum absolute atomic E-state index is 12.1. The van der Waals surface area contributed by atoms with Crippen LogP contribution in [-0.2, 0) is 9.47 Å².